The number of aromatic nitrogens is 2. The van der Waals surface area contributed by atoms with Crippen LogP contribution in [-0.2, 0) is 4.74 Å². The van der Waals surface area contributed by atoms with Crippen molar-refractivity contribution in [3.63, 3.8) is 0 Å². The molecule has 5 aromatic rings. The van der Waals surface area contributed by atoms with Gasteiger partial charge in [-0.2, -0.15) is 0 Å². The zero-order valence-electron chi connectivity index (χ0n) is 26.1. The molecule has 2 aliphatic heterocycles. The second-order valence-corrected chi connectivity index (χ2v) is 13.2. The summed E-state index contributed by atoms with van der Waals surface area (Å²) in [4.78, 5) is 21.9. The average molecular weight is 663 g/mol. The molecule has 3 aromatic carbocycles. The van der Waals surface area contributed by atoms with Crippen molar-refractivity contribution in [2.24, 2.45) is 0 Å². The molecule has 7 rings (SSSR count). The fourth-order valence-corrected chi connectivity index (χ4v) is 7.68. The number of hydrogen-bond acceptors (Lipinski definition) is 7. The summed E-state index contributed by atoms with van der Waals surface area (Å²) in [7, 11) is 0. The van der Waals surface area contributed by atoms with Gasteiger partial charge in [0.15, 0.2) is 5.11 Å². The maximum absolute atomic E-state index is 11.1. The summed E-state index contributed by atoms with van der Waals surface area (Å²) in [5.74, 6) is 0. The molecule has 0 spiro atoms. The highest BCUT2D eigenvalue weighted by atomic mass is 32.2. The molecule has 2 fully saturated rings. The molecule has 0 bridgehead atoms. The Balaban J connectivity index is 1.21. The number of non-ortho nitro benzene ring substituents is 1. The number of nitro benzene ring substituents is 1. The van der Waals surface area contributed by atoms with Gasteiger partial charge >= 0.3 is 0 Å². The van der Waals surface area contributed by atoms with E-state index in [1.165, 1.54) is 23.4 Å². The molecule has 2 saturated heterocycles. The minimum Gasteiger partial charge on any atom is -0.378 e. The number of pyridine rings is 1. The van der Waals surface area contributed by atoms with Gasteiger partial charge in [-0.05, 0) is 110 Å². The number of nitro groups is 1. The standard InChI is InChI=1S/C36H34N6O3S2/c1-24-23-32(25(2)40(24)27-8-6-26(7-9-27)39-19-21-45-22-20-39)35-34(33-5-3-4-18-37-33)38-36(46)41(35)28-10-14-30(15-11-28)47-31-16-12-29(13-17-31)42(43)44/h3-18,23,34-35H,19-22H2,1-2H3,(H,38,46)/t34-,35+/m1/s1. The Kier molecular flexibility index (Phi) is 8.68. The summed E-state index contributed by atoms with van der Waals surface area (Å²) < 4.78 is 7.85. The molecule has 0 aliphatic carbocycles. The monoisotopic (exact) mass is 662 g/mol. The van der Waals surface area contributed by atoms with Gasteiger partial charge in [0.1, 0.15) is 0 Å². The van der Waals surface area contributed by atoms with Crippen LogP contribution in [0.15, 0.2) is 113 Å². The molecule has 2 atom stereocenters. The summed E-state index contributed by atoms with van der Waals surface area (Å²) in [6, 6.07) is 31.6. The smallest absolute Gasteiger partial charge is 0.269 e. The van der Waals surface area contributed by atoms with E-state index in [0.717, 1.165) is 64.6 Å². The van der Waals surface area contributed by atoms with Crippen LogP contribution in [0.1, 0.15) is 34.7 Å². The molecule has 0 saturated carbocycles. The lowest BCUT2D eigenvalue weighted by molar-refractivity contribution is -0.384. The molecule has 47 heavy (non-hydrogen) atoms. The van der Waals surface area contributed by atoms with Gasteiger partial charge in [0.25, 0.3) is 5.69 Å². The van der Waals surface area contributed by atoms with Gasteiger partial charge in [-0.25, -0.2) is 0 Å². The first-order valence-corrected chi connectivity index (χ1v) is 16.7. The highest BCUT2D eigenvalue weighted by molar-refractivity contribution is 7.99. The van der Waals surface area contributed by atoms with E-state index in [1.54, 1.807) is 23.9 Å². The number of ether oxygens (including phenoxy) is 1. The van der Waals surface area contributed by atoms with Gasteiger partial charge in [-0.3, -0.25) is 15.1 Å². The lowest BCUT2D eigenvalue weighted by Gasteiger charge is -2.29. The number of benzene rings is 3. The molecule has 238 valence electrons. The first kappa shape index (κ1) is 30.9. The van der Waals surface area contributed by atoms with Gasteiger partial charge in [0.2, 0.25) is 0 Å². The van der Waals surface area contributed by atoms with Crippen molar-refractivity contribution < 1.29 is 9.66 Å². The van der Waals surface area contributed by atoms with Gasteiger partial charge in [-0.15, -0.1) is 0 Å². The van der Waals surface area contributed by atoms with Crippen LogP contribution in [0.5, 0.6) is 0 Å². The molecule has 2 aromatic heterocycles. The number of nitrogens with one attached hydrogen (secondary N) is 1. The van der Waals surface area contributed by atoms with Crippen LogP contribution in [0.25, 0.3) is 5.69 Å². The second kappa shape index (κ2) is 13.2. The Morgan fingerprint density at radius 2 is 1.53 bits per heavy atom. The lowest BCUT2D eigenvalue weighted by Crippen LogP contribution is -2.36. The van der Waals surface area contributed by atoms with E-state index >= 15 is 0 Å². The largest absolute Gasteiger partial charge is 0.378 e. The van der Waals surface area contributed by atoms with Crippen LogP contribution in [0.3, 0.4) is 0 Å². The molecule has 1 N–H and O–H groups in total. The molecule has 11 heteroatoms. The van der Waals surface area contributed by atoms with Crippen LogP contribution in [-0.4, -0.2) is 45.9 Å². The van der Waals surface area contributed by atoms with E-state index in [0.29, 0.717) is 5.11 Å². The minimum absolute atomic E-state index is 0.0811. The van der Waals surface area contributed by atoms with E-state index in [4.69, 9.17) is 21.9 Å². The molecule has 0 amide bonds. The van der Waals surface area contributed by atoms with Gasteiger partial charge < -0.3 is 24.4 Å². The predicted octanol–water partition coefficient (Wildman–Crippen LogP) is 7.56. The summed E-state index contributed by atoms with van der Waals surface area (Å²) >= 11 is 7.56. The van der Waals surface area contributed by atoms with Gasteiger partial charge in [0, 0.05) is 69.7 Å². The van der Waals surface area contributed by atoms with E-state index < -0.39 is 0 Å². The summed E-state index contributed by atoms with van der Waals surface area (Å²) in [6.45, 7) is 7.65. The normalized spacial score (nSPS) is 18.0. The third kappa shape index (κ3) is 6.21. The third-order valence-electron chi connectivity index (χ3n) is 8.77. The van der Waals surface area contributed by atoms with Crippen LogP contribution in [0.2, 0.25) is 0 Å². The zero-order valence-corrected chi connectivity index (χ0v) is 27.7. The number of thiocarbonyl (C=S) groups is 1. The number of anilines is 2. The third-order valence-corrected chi connectivity index (χ3v) is 10.1. The molecule has 0 radical (unpaired) electrons. The van der Waals surface area contributed by atoms with Crippen molar-refractivity contribution in [2.45, 2.75) is 35.7 Å². The molecule has 9 nitrogen and oxygen atoms in total. The highest BCUT2D eigenvalue weighted by Gasteiger charge is 2.42. The molecule has 2 aliphatic rings. The molecule has 0 unspecified atom stereocenters. The number of hydrogen-bond donors (Lipinski definition) is 1. The van der Waals surface area contributed by atoms with Crippen molar-refractivity contribution in [3.8, 4) is 5.69 Å². The summed E-state index contributed by atoms with van der Waals surface area (Å²) in [5.41, 5.74) is 7.76. The Morgan fingerprint density at radius 3 is 2.17 bits per heavy atom. The Bertz CT molecular complexity index is 1890. The number of nitrogens with zero attached hydrogens (tertiary/aromatic N) is 5. The fraction of sp³-hybridized carbons (Fsp3) is 0.222. The number of morpholine rings is 1. The maximum Gasteiger partial charge on any atom is 0.269 e. The first-order valence-electron chi connectivity index (χ1n) is 15.5. The van der Waals surface area contributed by atoms with E-state index in [2.05, 4.69) is 88.1 Å². The maximum atomic E-state index is 11.1. The second-order valence-electron chi connectivity index (χ2n) is 11.6. The van der Waals surface area contributed by atoms with Crippen LogP contribution in [0, 0.1) is 24.0 Å². The van der Waals surface area contributed by atoms with Crippen molar-refractivity contribution in [1.82, 2.24) is 14.9 Å². The van der Waals surface area contributed by atoms with Crippen LogP contribution >= 0.6 is 24.0 Å². The fourth-order valence-electron chi connectivity index (χ4n) is 6.51. The van der Waals surface area contributed by atoms with Crippen molar-refractivity contribution in [3.05, 3.63) is 136 Å². The SMILES string of the molecule is Cc1cc([C@H]2[C@@H](c3ccccn3)NC(=S)N2c2ccc(Sc3ccc([N+](=O)[O-])cc3)cc2)c(C)n1-c1ccc(N2CCOCC2)cc1. The Labute approximate surface area is 283 Å². The van der Waals surface area contributed by atoms with Crippen molar-refractivity contribution in [2.75, 3.05) is 36.1 Å². The lowest BCUT2D eigenvalue weighted by atomic mass is 9.96. The van der Waals surface area contributed by atoms with Crippen LogP contribution in [0.4, 0.5) is 17.1 Å². The topological polar surface area (TPSA) is 88.7 Å². The van der Waals surface area contributed by atoms with E-state index in [1.807, 2.05) is 24.4 Å². The van der Waals surface area contributed by atoms with Crippen molar-refractivity contribution in [1.29, 1.82) is 0 Å². The Hall–Kier alpha value is -4.71. The van der Waals surface area contributed by atoms with Crippen molar-refractivity contribution >= 4 is 46.2 Å². The minimum atomic E-state index is -0.384. The quantitative estimate of drug-likeness (QED) is 0.103. The summed E-state index contributed by atoms with van der Waals surface area (Å²) in [6.07, 6.45) is 1.82. The predicted molar refractivity (Wildman–Crippen MR) is 190 cm³/mol. The van der Waals surface area contributed by atoms with E-state index in [-0.39, 0.29) is 22.7 Å². The van der Waals surface area contributed by atoms with E-state index in [9.17, 15) is 10.1 Å². The van der Waals surface area contributed by atoms with Gasteiger partial charge in [0.05, 0.1) is 35.9 Å². The molecular weight excluding hydrogens is 629 g/mol. The number of rotatable bonds is 8. The van der Waals surface area contributed by atoms with Gasteiger partial charge in [-0.1, -0.05) is 17.8 Å². The summed E-state index contributed by atoms with van der Waals surface area (Å²) in [5, 5.41) is 15.3. The van der Waals surface area contributed by atoms with Crippen LogP contribution < -0.4 is 15.1 Å². The number of aryl methyl sites for hydroxylation is 1. The average Bonchev–Trinajstić information content (AvgIpc) is 3.60. The first-order chi connectivity index (χ1) is 22.9. The highest BCUT2D eigenvalue weighted by Crippen LogP contribution is 2.44. The Morgan fingerprint density at radius 1 is 0.894 bits per heavy atom. The zero-order chi connectivity index (χ0) is 32.5. The molecular formula is C36H34N6O3S2. The molecule has 4 heterocycles.